The lowest BCUT2D eigenvalue weighted by molar-refractivity contribution is 0.589. The van der Waals surface area contributed by atoms with Crippen molar-refractivity contribution < 1.29 is 8.42 Å². The monoisotopic (exact) mass is 339 g/mol. The number of hydrogen-bond acceptors (Lipinski definition) is 5. The van der Waals surface area contributed by atoms with Crippen LogP contribution in [-0.4, -0.2) is 25.2 Å². The smallest absolute Gasteiger partial charge is 0.201 e. The van der Waals surface area contributed by atoms with E-state index in [1.54, 1.807) is 30.3 Å². The van der Waals surface area contributed by atoms with Crippen molar-refractivity contribution in [2.45, 2.75) is 30.5 Å². The van der Waals surface area contributed by atoms with E-state index in [1.807, 2.05) is 0 Å². The van der Waals surface area contributed by atoms with E-state index >= 15 is 0 Å². The summed E-state index contributed by atoms with van der Waals surface area (Å²) in [6.45, 7) is 2.89. The fourth-order valence-corrected chi connectivity index (χ4v) is 3.19. The first-order valence-electron chi connectivity index (χ1n) is 7.06. The van der Waals surface area contributed by atoms with Crippen molar-refractivity contribution in [3.63, 3.8) is 0 Å². The molecule has 0 unspecified atom stereocenters. The molecule has 22 heavy (non-hydrogen) atoms. The van der Waals surface area contributed by atoms with E-state index in [9.17, 15) is 8.42 Å². The van der Waals surface area contributed by atoms with Crippen molar-refractivity contribution in [1.82, 2.24) is 10.2 Å². The molecular formula is C15H18ClN3O2S. The van der Waals surface area contributed by atoms with E-state index in [0.29, 0.717) is 16.4 Å². The molecule has 2 rings (SSSR count). The Bertz CT molecular complexity index is 701. The molecule has 0 aliphatic heterocycles. The van der Waals surface area contributed by atoms with Crippen LogP contribution in [0.15, 0.2) is 41.4 Å². The number of rotatable bonds is 7. The highest BCUT2D eigenvalue weighted by Crippen LogP contribution is 2.17. The molecule has 1 heterocycles. The van der Waals surface area contributed by atoms with Crippen LogP contribution in [0.4, 0.5) is 5.82 Å². The molecule has 0 saturated heterocycles. The average molecular weight is 340 g/mol. The molecule has 7 heteroatoms. The molecule has 0 aliphatic rings. The van der Waals surface area contributed by atoms with E-state index in [-0.39, 0.29) is 10.8 Å². The van der Waals surface area contributed by atoms with E-state index in [1.165, 1.54) is 6.07 Å². The second kappa shape index (κ2) is 7.56. The average Bonchev–Trinajstić information content (AvgIpc) is 2.50. The third-order valence-electron chi connectivity index (χ3n) is 3.07. The Morgan fingerprint density at radius 1 is 1.09 bits per heavy atom. The van der Waals surface area contributed by atoms with Crippen LogP contribution in [0.25, 0.3) is 0 Å². The van der Waals surface area contributed by atoms with Gasteiger partial charge in [-0.05, 0) is 36.2 Å². The Morgan fingerprint density at radius 2 is 1.82 bits per heavy atom. The van der Waals surface area contributed by atoms with Crippen molar-refractivity contribution in [1.29, 1.82) is 0 Å². The largest absolute Gasteiger partial charge is 0.369 e. The third kappa shape index (κ3) is 4.68. The van der Waals surface area contributed by atoms with E-state index in [4.69, 9.17) is 11.6 Å². The molecule has 5 nitrogen and oxygen atoms in total. The zero-order valence-corrected chi connectivity index (χ0v) is 13.9. The van der Waals surface area contributed by atoms with Crippen LogP contribution >= 0.6 is 11.6 Å². The molecule has 0 bridgehead atoms. The van der Waals surface area contributed by atoms with Crippen molar-refractivity contribution in [2.24, 2.45) is 0 Å². The van der Waals surface area contributed by atoms with Gasteiger partial charge in [0.2, 0.25) is 9.84 Å². The molecule has 118 valence electrons. The van der Waals surface area contributed by atoms with Gasteiger partial charge in [-0.25, -0.2) is 8.42 Å². The van der Waals surface area contributed by atoms with Gasteiger partial charge in [-0.3, -0.25) is 0 Å². The number of unbranched alkanes of at least 4 members (excludes halogenated alkanes) is 1. The lowest BCUT2D eigenvalue weighted by Crippen LogP contribution is -2.10. The minimum absolute atomic E-state index is 0.0245. The van der Waals surface area contributed by atoms with Gasteiger partial charge in [0, 0.05) is 11.6 Å². The van der Waals surface area contributed by atoms with Gasteiger partial charge >= 0.3 is 0 Å². The summed E-state index contributed by atoms with van der Waals surface area (Å²) in [5.41, 5.74) is 0.663. The van der Waals surface area contributed by atoms with Crippen LogP contribution in [0, 0.1) is 0 Å². The number of halogens is 1. The van der Waals surface area contributed by atoms with Crippen LogP contribution in [0.2, 0.25) is 5.02 Å². The molecule has 0 radical (unpaired) electrons. The molecule has 2 aromatic rings. The van der Waals surface area contributed by atoms with Crippen molar-refractivity contribution in [3.05, 3.63) is 47.0 Å². The summed E-state index contributed by atoms with van der Waals surface area (Å²) >= 11 is 5.79. The second-order valence-corrected chi connectivity index (χ2v) is 7.30. The first-order valence-corrected chi connectivity index (χ1v) is 9.09. The van der Waals surface area contributed by atoms with Gasteiger partial charge in [-0.2, -0.15) is 0 Å². The quantitative estimate of drug-likeness (QED) is 0.783. The van der Waals surface area contributed by atoms with E-state index < -0.39 is 9.84 Å². The third-order valence-corrected chi connectivity index (χ3v) is 4.89. The van der Waals surface area contributed by atoms with Gasteiger partial charge in [0.25, 0.3) is 0 Å². The Hall–Kier alpha value is -1.66. The summed E-state index contributed by atoms with van der Waals surface area (Å²) in [7, 11) is -3.51. The van der Waals surface area contributed by atoms with Gasteiger partial charge in [-0.1, -0.05) is 37.1 Å². The summed E-state index contributed by atoms with van der Waals surface area (Å²) in [5.74, 6) is 0.459. The lowest BCUT2D eigenvalue weighted by Gasteiger charge is -2.06. The first kappa shape index (κ1) is 16.7. The minimum atomic E-state index is -3.51. The molecule has 0 aliphatic carbocycles. The summed E-state index contributed by atoms with van der Waals surface area (Å²) in [6.07, 6.45) is 2.10. The van der Waals surface area contributed by atoms with E-state index in [0.717, 1.165) is 19.4 Å². The zero-order chi connectivity index (χ0) is 16.0. The predicted octanol–water partition coefficient (Wildman–Crippen LogP) is 3.32. The highest BCUT2D eigenvalue weighted by atomic mass is 35.5. The fraction of sp³-hybridized carbons (Fsp3) is 0.333. The second-order valence-electron chi connectivity index (χ2n) is 4.92. The normalized spacial score (nSPS) is 11.4. The Kier molecular flexibility index (Phi) is 5.74. The zero-order valence-electron chi connectivity index (χ0n) is 12.3. The fourth-order valence-electron chi connectivity index (χ4n) is 1.85. The number of nitrogens with one attached hydrogen (secondary N) is 1. The SMILES string of the molecule is CCCCNc1ccc(S(=O)(=O)Cc2ccc(Cl)cc2)nn1. The van der Waals surface area contributed by atoms with Crippen LogP contribution in [0.1, 0.15) is 25.3 Å². The summed E-state index contributed by atoms with van der Waals surface area (Å²) < 4.78 is 24.6. The maximum Gasteiger partial charge on any atom is 0.201 e. The highest BCUT2D eigenvalue weighted by Gasteiger charge is 2.17. The molecule has 0 amide bonds. The first-order chi connectivity index (χ1) is 10.5. The predicted molar refractivity (Wildman–Crippen MR) is 87.8 cm³/mol. The molecule has 0 saturated carbocycles. The number of benzene rings is 1. The van der Waals surface area contributed by atoms with Crippen molar-refractivity contribution >= 4 is 27.3 Å². The summed E-state index contributed by atoms with van der Waals surface area (Å²) in [4.78, 5) is 0. The number of hydrogen-bond donors (Lipinski definition) is 1. The van der Waals surface area contributed by atoms with Crippen LogP contribution < -0.4 is 5.32 Å². The number of aromatic nitrogens is 2. The van der Waals surface area contributed by atoms with Gasteiger partial charge in [-0.15, -0.1) is 10.2 Å². The van der Waals surface area contributed by atoms with Gasteiger partial charge in [0.1, 0.15) is 5.82 Å². The molecule has 0 atom stereocenters. The highest BCUT2D eigenvalue weighted by molar-refractivity contribution is 7.90. The number of nitrogens with zero attached hydrogens (tertiary/aromatic N) is 2. The Labute approximate surface area is 135 Å². The maximum absolute atomic E-state index is 12.3. The summed E-state index contributed by atoms with van der Waals surface area (Å²) in [6, 6.07) is 9.82. The van der Waals surface area contributed by atoms with Gasteiger partial charge in [0.05, 0.1) is 5.75 Å². The van der Waals surface area contributed by atoms with Crippen LogP contribution in [-0.2, 0) is 15.6 Å². The van der Waals surface area contributed by atoms with Gasteiger partial charge < -0.3 is 5.32 Å². The number of anilines is 1. The van der Waals surface area contributed by atoms with Crippen molar-refractivity contribution in [2.75, 3.05) is 11.9 Å². The standard InChI is InChI=1S/C15H18ClN3O2S/c1-2-3-10-17-14-8-9-15(19-18-14)22(20,21)11-12-4-6-13(16)7-5-12/h4-9H,2-3,10-11H2,1H3,(H,17,18). The lowest BCUT2D eigenvalue weighted by atomic mass is 10.2. The topological polar surface area (TPSA) is 72.0 Å². The Balaban J connectivity index is 2.07. The Morgan fingerprint density at radius 3 is 2.41 bits per heavy atom. The molecule has 0 spiro atoms. The molecule has 0 fully saturated rings. The van der Waals surface area contributed by atoms with Crippen LogP contribution in [0.5, 0.6) is 0 Å². The van der Waals surface area contributed by atoms with Crippen molar-refractivity contribution in [3.8, 4) is 0 Å². The molecule has 1 aromatic heterocycles. The van der Waals surface area contributed by atoms with E-state index in [2.05, 4.69) is 22.4 Å². The molecule has 1 aromatic carbocycles. The van der Waals surface area contributed by atoms with Crippen LogP contribution in [0.3, 0.4) is 0 Å². The molecule has 1 N–H and O–H groups in total. The molecular weight excluding hydrogens is 322 g/mol. The maximum atomic E-state index is 12.3. The van der Waals surface area contributed by atoms with Gasteiger partial charge in [0.15, 0.2) is 5.03 Å². The minimum Gasteiger partial charge on any atom is -0.369 e. The summed E-state index contributed by atoms with van der Waals surface area (Å²) in [5, 5.41) is 11.4. The number of sulfone groups is 1.